The number of aliphatic hydroxyl groups is 1. The van der Waals surface area contributed by atoms with Gasteiger partial charge in [0.1, 0.15) is 11.3 Å². The molecule has 0 bridgehead atoms. The molecule has 0 aliphatic heterocycles. The molecular weight excluding hydrogens is 192 g/mol. The molecule has 15 heavy (non-hydrogen) atoms. The molecule has 0 saturated heterocycles. The summed E-state index contributed by atoms with van der Waals surface area (Å²) >= 11 is 0. The Morgan fingerprint density at radius 3 is 2.80 bits per heavy atom. The number of pyridine rings is 1. The molecule has 0 aliphatic carbocycles. The maximum Gasteiger partial charge on any atom is 0.154 e. The molecule has 4 nitrogen and oxygen atoms in total. The van der Waals surface area contributed by atoms with Crippen LogP contribution < -0.4 is 0 Å². The van der Waals surface area contributed by atoms with Gasteiger partial charge in [0.25, 0.3) is 0 Å². The predicted molar refractivity (Wildman–Crippen MR) is 55.8 cm³/mol. The van der Waals surface area contributed by atoms with E-state index in [1.807, 2.05) is 12.1 Å². The number of carbonyl (C=O) groups excluding carboxylic acids is 1. The highest BCUT2D eigenvalue weighted by atomic mass is 16.3. The van der Waals surface area contributed by atoms with Crippen LogP contribution in [0.4, 0.5) is 0 Å². The van der Waals surface area contributed by atoms with Gasteiger partial charge in [-0.05, 0) is 26.0 Å². The Balaban J connectivity index is 2.81. The molecule has 0 aliphatic rings. The van der Waals surface area contributed by atoms with Gasteiger partial charge in [-0.1, -0.05) is 6.07 Å². The third-order valence-electron chi connectivity index (χ3n) is 2.28. The third-order valence-corrected chi connectivity index (χ3v) is 2.28. The van der Waals surface area contributed by atoms with Crippen molar-refractivity contribution in [3.63, 3.8) is 0 Å². The summed E-state index contributed by atoms with van der Waals surface area (Å²) in [5.41, 5.74) is 0.457. The Morgan fingerprint density at radius 2 is 2.20 bits per heavy atom. The first kappa shape index (κ1) is 9.86. The van der Waals surface area contributed by atoms with E-state index in [9.17, 15) is 9.90 Å². The van der Waals surface area contributed by atoms with Gasteiger partial charge in [0.2, 0.25) is 0 Å². The standard InChI is InChI=1S/C11H12N2O2/c1-11(2,15)10-8(7-14)9-5-3-4-6-13(9)12-10/h3-7,15H,1-2H3. The van der Waals surface area contributed by atoms with Gasteiger partial charge in [0, 0.05) is 6.20 Å². The second-order valence-electron chi connectivity index (χ2n) is 3.97. The van der Waals surface area contributed by atoms with Gasteiger partial charge in [0.05, 0.1) is 11.1 Å². The molecule has 0 saturated carbocycles. The largest absolute Gasteiger partial charge is 0.384 e. The minimum absolute atomic E-state index is 0.406. The van der Waals surface area contributed by atoms with E-state index in [1.54, 1.807) is 30.6 Å². The maximum atomic E-state index is 11.0. The summed E-state index contributed by atoms with van der Waals surface area (Å²) in [5, 5.41) is 14.1. The highest BCUT2D eigenvalue weighted by Crippen LogP contribution is 2.24. The Labute approximate surface area is 87.2 Å². The zero-order chi connectivity index (χ0) is 11.1. The first-order valence-electron chi connectivity index (χ1n) is 4.69. The Kier molecular flexibility index (Phi) is 2.08. The smallest absolute Gasteiger partial charge is 0.154 e. The number of rotatable bonds is 2. The van der Waals surface area contributed by atoms with Crippen molar-refractivity contribution in [1.29, 1.82) is 0 Å². The SMILES string of the molecule is CC(C)(O)c1nn2ccccc2c1C=O. The molecule has 2 aromatic heterocycles. The van der Waals surface area contributed by atoms with Gasteiger partial charge in [-0.25, -0.2) is 4.52 Å². The molecule has 78 valence electrons. The molecule has 0 radical (unpaired) electrons. The van der Waals surface area contributed by atoms with Gasteiger partial charge in [-0.15, -0.1) is 0 Å². The van der Waals surface area contributed by atoms with Crippen molar-refractivity contribution in [2.45, 2.75) is 19.4 Å². The van der Waals surface area contributed by atoms with E-state index in [0.717, 1.165) is 6.29 Å². The minimum Gasteiger partial charge on any atom is -0.384 e. The van der Waals surface area contributed by atoms with Crippen LogP contribution in [0.2, 0.25) is 0 Å². The molecule has 0 aromatic carbocycles. The average molecular weight is 204 g/mol. The number of carbonyl (C=O) groups is 1. The van der Waals surface area contributed by atoms with E-state index < -0.39 is 5.60 Å². The molecule has 0 spiro atoms. The summed E-state index contributed by atoms with van der Waals surface area (Å²) in [6.45, 7) is 3.23. The molecule has 0 atom stereocenters. The summed E-state index contributed by atoms with van der Waals surface area (Å²) in [6, 6.07) is 5.45. The van der Waals surface area contributed by atoms with E-state index in [4.69, 9.17) is 0 Å². The summed E-state index contributed by atoms with van der Waals surface area (Å²) in [6.07, 6.45) is 2.48. The number of nitrogens with zero attached hydrogens (tertiary/aromatic N) is 2. The minimum atomic E-state index is -1.11. The van der Waals surface area contributed by atoms with Crippen molar-refractivity contribution in [2.24, 2.45) is 0 Å². The highest BCUT2D eigenvalue weighted by molar-refractivity contribution is 5.88. The summed E-state index contributed by atoms with van der Waals surface area (Å²) in [4.78, 5) is 11.0. The lowest BCUT2D eigenvalue weighted by atomic mass is 10.0. The fourth-order valence-electron chi connectivity index (χ4n) is 1.59. The van der Waals surface area contributed by atoms with E-state index in [-0.39, 0.29) is 0 Å². The molecule has 4 heteroatoms. The summed E-state index contributed by atoms with van der Waals surface area (Å²) < 4.78 is 1.59. The van der Waals surface area contributed by atoms with Crippen LogP contribution in [0.3, 0.4) is 0 Å². The number of aldehydes is 1. The van der Waals surface area contributed by atoms with Crippen LogP contribution in [-0.2, 0) is 5.60 Å². The van der Waals surface area contributed by atoms with Crippen molar-refractivity contribution >= 4 is 11.8 Å². The van der Waals surface area contributed by atoms with Gasteiger partial charge >= 0.3 is 0 Å². The van der Waals surface area contributed by atoms with E-state index in [0.29, 0.717) is 16.8 Å². The average Bonchev–Trinajstić information content (AvgIpc) is 2.55. The van der Waals surface area contributed by atoms with E-state index in [2.05, 4.69) is 5.10 Å². The molecular formula is C11H12N2O2. The van der Waals surface area contributed by atoms with E-state index >= 15 is 0 Å². The van der Waals surface area contributed by atoms with Gasteiger partial charge in [-0.3, -0.25) is 4.79 Å². The molecule has 0 amide bonds. The second kappa shape index (κ2) is 3.17. The predicted octanol–water partition coefficient (Wildman–Crippen LogP) is 1.37. The lowest BCUT2D eigenvalue weighted by Gasteiger charge is -2.14. The molecule has 2 rings (SSSR count). The first-order valence-corrected chi connectivity index (χ1v) is 4.69. The lowest BCUT2D eigenvalue weighted by Crippen LogP contribution is -2.18. The van der Waals surface area contributed by atoms with Crippen molar-refractivity contribution < 1.29 is 9.90 Å². The fraction of sp³-hybridized carbons (Fsp3) is 0.273. The van der Waals surface area contributed by atoms with Crippen LogP contribution >= 0.6 is 0 Å². The van der Waals surface area contributed by atoms with Crippen LogP contribution in [0.15, 0.2) is 24.4 Å². The zero-order valence-electron chi connectivity index (χ0n) is 8.64. The Bertz CT molecular complexity index is 509. The summed E-state index contributed by atoms with van der Waals surface area (Å²) in [5.74, 6) is 0. The van der Waals surface area contributed by atoms with Crippen molar-refractivity contribution in [3.8, 4) is 0 Å². The molecule has 1 N–H and O–H groups in total. The number of aromatic nitrogens is 2. The number of hydrogen-bond acceptors (Lipinski definition) is 3. The zero-order valence-corrected chi connectivity index (χ0v) is 8.64. The molecule has 0 unspecified atom stereocenters. The number of fused-ring (bicyclic) bond motifs is 1. The third kappa shape index (κ3) is 1.53. The van der Waals surface area contributed by atoms with Gasteiger partial charge < -0.3 is 5.11 Å². The Morgan fingerprint density at radius 1 is 1.47 bits per heavy atom. The normalized spacial score (nSPS) is 11.9. The summed E-state index contributed by atoms with van der Waals surface area (Å²) in [7, 11) is 0. The van der Waals surface area contributed by atoms with Crippen molar-refractivity contribution in [1.82, 2.24) is 9.61 Å². The number of hydrogen-bond donors (Lipinski definition) is 1. The van der Waals surface area contributed by atoms with Gasteiger partial charge in [0.15, 0.2) is 6.29 Å². The van der Waals surface area contributed by atoms with Crippen LogP contribution in [0.1, 0.15) is 29.9 Å². The highest BCUT2D eigenvalue weighted by Gasteiger charge is 2.25. The van der Waals surface area contributed by atoms with E-state index in [1.165, 1.54) is 0 Å². The first-order chi connectivity index (χ1) is 7.04. The second-order valence-corrected chi connectivity index (χ2v) is 3.97. The Hall–Kier alpha value is -1.68. The molecule has 2 aromatic rings. The van der Waals surface area contributed by atoms with Crippen LogP contribution in [0, 0.1) is 0 Å². The van der Waals surface area contributed by atoms with Crippen LogP contribution in [-0.4, -0.2) is 21.0 Å². The monoisotopic (exact) mass is 204 g/mol. The van der Waals surface area contributed by atoms with Crippen LogP contribution in [0.5, 0.6) is 0 Å². The molecule has 0 fully saturated rings. The van der Waals surface area contributed by atoms with Crippen molar-refractivity contribution in [3.05, 3.63) is 35.7 Å². The van der Waals surface area contributed by atoms with Crippen LogP contribution in [0.25, 0.3) is 5.52 Å². The fourth-order valence-corrected chi connectivity index (χ4v) is 1.59. The quantitative estimate of drug-likeness (QED) is 0.752. The maximum absolute atomic E-state index is 11.0. The molecule has 2 heterocycles. The van der Waals surface area contributed by atoms with Crippen molar-refractivity contribution in [2.75, 3.05) is 0 Å². The van der Waals surface area contributed by atoms with Gasteiger partial charge in [-0.2, -0.15) is 5.10 Å². The lowest BCUT2D eigenvalue weighted by molar-refractivity contribution is 0.0720. The topological polar surface area (TPSA) is 54.6 Å².